The van der Waals surface area contributed by atoms with Crippen LogP contribution in [-0.2, 0) is 14.3 Å². The van der Waals surface area contributed by atoms with Crippen molar-refractivity contribution in [2.75, 3.05) is 30.5 Å². The molecule has 0 aromatic heterocycles. The van der Waals surface area contributed by atoms with Crippen LogP contribution in [0.15, 0.2) is 12.1 Å². The molecule has 0 unspecified atom stereocenters. The van der Waals surface area contributed by atoms with Gasteiger partial charge in [-0.05, 0) is 26.7 Å². The minimum absolute atomic E-state index is 0.205. The molecule has 0 spiro atoms. The molecule has 2 N–H and O–H groups in total. The third-order valence-electron chi connectivity index (χ3n) is 3.47. The van der Waals surface area contributed by atoms with Gasteiger partial charge in [-0.25, -0.2) is 0 Å². The summed E-state index contributed by atoms with van der Waals surface area (Å²) in [7, 11) is 0. The number of ether oxygens (including phenoxy) is 3. The average molecular weight is 336 g/mol. The molecule has 1 saturated heterocycles. The Kier molecular flexibility index (Phi) is 6.43. The summed E-state index contributed by atoms with van der Waals surface area (Å²) in [4.78, 5) is 23.7. The second kappa shape index (κ2) is 8.54. The van der Waals surface area contributed by atoms with Crippen molar-refractivity contribution in [3.8, 4) is 11.5 Å². The zero-order valence-electron chi connectivity index (χ0n) is 14.3. The van der Waals surface area contributed by atoms with Crippen LogP contribution in [0.4, 0.5) is 11.4 Å². The molecule has 0 radical (unpaired) electrons. The molecule has 2 rings (SSSR count). The van der Waals surface area contributed by atoms with Gasteiger partial charge in [-0.2, -0.15) is 0 Å². The van der Waals surface area contributed by atoms with Crippen LogP contribution in [0.1, 0.15) is 33.6 Å². The molecule has 1 aliphatic rings. The quantitative estimate of drug-likeness (QED) is 0.799. The highest BCUT2D eigenvalue weighted by atomic mass is 16.5. The van der Waals surface area contributed by atoms with E-state index in [1.165, 1.54) is 6.92 Å². The van der Waals surface area contributed by atoms with Crippen molar-refractivity contribution in [3.63, 3.8) is 0 Å². The van der Waals surface area contributed by atoms with E-state index < -0.39 is 6.10 Å². The highest BCUT2D eigenvalue weighted by molar-refractivity contribution is 5.97. The van der Waals surface area contributed by atoms with Crippen molar-refractivity contribution in [1.82, 2.24) is 0 Å². The summed E-state index contributed by atoms with van der Waals surface area (Å²) in [6.45, 7) is 6.57. The van der Waals surface area contributed by atoms with Crippen LogP contribution < -0.4 is 20.1 Å². The first kappa shape index (κ1) is 18.1. The first-order valence-electron chi connectivity index (χ1n) is 8.18. The van der Waals surface area contributed by atoms with E-state index >= 15 is 0 Å². The van der Waals surface area contributed by atoms with Crippen LogP contribution in [-0.4, -0.2) is 37.7 Å². The summed E-state index contributed by atoms with van der Waals surface area (Å²) >= 11 is 0. The molecular weight excluding hydrogens is 312 g/mol. The molecule has 7 nitrogen and oxygen atoms in total. The fourth-order valence-electron chi connectivity index (χ4n) is 2.49. The average Bonchev–Trinajstić information content (AvgIpc) is 3.05. The monoisotopic (exact) mass is 336 g/mol. The molecule has 0 aliphatic carbocycles. The molecule has 7 heteroatoms. The van der Waals surface area contributed by atoms with Gasteiger partial charge in [0.25, 0.3) is 5.91 Å². The molecule has 2 amide bonds. The summed E-state index contributed by atoms with van der Waals surface area (Å²) in [6.07, 6.45) is 1.14. The number of amides is 2. The van der Waals surface area contributed by atoms with Crippen LogP contribution in [0.2, 0.25) is 0 Å². The molecule has 1 heterocycles. The zero-order chi connectivity index (χ0) is 17.5. The lowest BCUT2D eigenvalue weighted by Gasteiger charge is -2.18. The predicted molar refractivity (Wildman–Crippen MR) is 90.7 cm³/mol. The van der Waals surface area contributed by atoms with E-state index in [2.05, 4.69) is 10.6 Å². The van der Waals surface area contributed by atoms with Crippen LogP contribution >= 0.6 is 0 Å². The smallest absolute Gasteiger partial charge is 0.253 e. The maximum Gasteiger partial charge on any atom is 0.253 e. The van der Waals surface area contributed by atoms with Gasteiger partial charge in [-0.1, -0.05) is 0 Å². The summed E-state index contributed by atoms with van der Waals surface area (Å²) in [5, 5.41) is 5.55. The SMILES string of the molecule is CCOc1cc(NC(=O)[C@@H]2CCCO2)c(OCC)cc1NC(C)=O. The Bertz CT molecular complexity index is 597. The van der Waals surface area contributed by atoms with Gasteiger partial charge in [0.1, 0.15) is 17.6 Å². The minimum Gasteiger partial charge on any atom is -0.492 e. The van der Waals surface area contributed by atoms with E-state index in [0.29, 0.717) is 49.1 Å². The van der Waals surface area contributed by atoms with E-state index in [9.17, 15) is 9.59 Å². The summed E-state index contributed by atoms with van der Waals surface area (Å²) < 4.78 is 16.6. The molecule has 0 bridgehead atoms. The van der Waals surface area contributed by atoms with Crippen LogP contribution in [0.5, 0.6) is 11.5 Å². The van der Waals surface area contributed by atoms with E-state index in [0.717, 1.165) is 6.42 Å². The molecular formula is C17H24N2O5. The van der Waals surface area contributed by atoms with Gasteiger partial charge in [0.2, 0.25) is 5.91 Å². The van der Waals surface area contributed by atoms with Crippen molar-refractivity contribution >= 4 is 23.2 Å². The van der Waals surface area contributed by atoms with E-state index in [1.807, 2.05) is 13.8 Å². The lowest BCUT2D eigenvalue weighted by molar-refractivity contribution is -0.124. The van der Waals surface area contributed by atoms with E-state index in [-0.39, 0.29) is 11.8 Å². The lowest BCUT2D eigenvalue weighted by atomic mass is 10.2. The summed E-state index contributed by atoms with van der Waals surface area (Å²) in [5.74, 6) is 0.521. The minimum atomic E-state index is -0.440. The van der Waals surface area contributed by atoms with E-state index in [1.54, 1.807) is 12.1 Å². The Morgan fingerprint density at radius 2 is 1.71 bits per heavy atom. The summed E-state index contributed by atoms with van der Waals surface area (Å²) in [5.41, 5.74) is 0.998. The van der Waals surface area contributed by atoms with Crippen molar-refractivity contribution in [2.24, 2.45) is 0 Å². The van der Waals surface area contributed by atoms with Crippen LogP contribution in [0.3, 0.4) is 0 Å². The van der Waals surface area contributed by atoms with Crippen molar-refractivity contribution < 1.29 is 23.8 Å². The van der Waals surface area contributed by atoms with Crippen molar-refractivity contribution in [3.05, 3.63) is 12.1 Å². The van der Waals surface area contributed by atoms with Gasteiger partial charge in [0.15, 0.2) is 0 Å². The molecule has 132 valence electrons. The third-order valence-corrected chi connectivity index (χ3v) is 3.47. The summed E-state index contributed by atoms with van der Waals surface area (Å²) in [6, 6.07) is 3.31. The van der Waals surface area contributed by atoms with Crippen LogP contribution in [0, 0.1) is 0 Å². The topological polar surface area (TPSA) is 85.9 Å². The Morgan fingerprint density at radius 1 is 1.12 bits per heavy atom. The number of anilines is 2. The zero-order valence-corrected chi connectivity index (χ0v) is 14.3. The Hall–Kier alpha value is -2.28. The molecule has 24 heavy (non-hydrogen) atoms. The van der Waals surface area contributed by atoms with Crippen LogP contribution in [0.25, 0.3) is 0 Å². The van der Waals surface area contributed by atoms with Crippen molar-refractivity contribution in [2.45, 2.75) is 39.7 Å². The maximum absolute atomic E-state index is 12.3. The first-order chi connectivity index (χ1) is 11.5. The Morgan fingerprint density at radius 3 is 2.17 bits per heavy atom. The standard InChI is InChI=1S/C17H24N2O5/c1-4-22-15-10-13(19-17(21)14-7-6-8-24-14)16(23-5-2)9-12(15)18-11(3)20/h9-10,14H,4-8H2,1-3H3,(H,18,20)(H,19,21)/t14-/m0/s1. The fourth-order valence-corrected chi connectivity index (χ4v) is 2.49. The molecule has 0 saturated carbocycles. The third kappa shape index (κ3) is 4.61. The fraction of sp³-hybridized carbons (Fsp3) is 0.529. The van der Waals surface area contributed by atoms with Gasteiger partial charge < -0.3 is 24.8 Å². The Labute approximate surface area is 141 Å². The van der Waals surface area contributed by atoms with E-state index in [4.69, 9.17) is 14.2 Å². The normalized spacial score (nSPS) is 16.5. The maximum atomic E-state index is 12.3. The first-order valence-corrected chi connectivity index (χ1v) is 8.18. The number of rotatable bonds is 7. The highest BCUT2D eigenvalue weighted by Crippen LogP contribution is 2.37. The molecule has 1 aliphatic heterocycles. The van der Waals surface area contributed by atoms with Gasteiger partial charge in [-0.15, -0.1) is 0 Å². The van der Waals surface area contributed by atoms with Gasteiger partial charge in [-0.3, -0.25) is 9.59 Å². The number of benzene rings is 1. The second-order valence-electron chi connectivity index (χ2n) is 5.38. The number of hydrogen-bond acceptors (Lipinski definition) is 5. The Balaban J connectivity index is 2.30. The molecule has 1 aromatic carbocycles. The van der Waals surface area contributed by atoms with Crippen molar-refractivity contribution in [1.29, 1.82) is 0 Å². The predicted octanol–water partition coefficient (Wildman–Crippen LogP) is 2.56. The number of hydrogen-bond donors (Lipinski definition) is 2. The number of nitrogens with one attached hydrogen (secondary N) is 2. The van der Waals surface area contributed by atoms with Gasteiger partial charge >= 0.3 is 0 Å². The number of carbonyl (C=O) groups excluding carboxylic acids is 2. The lowest BCUT2D eigenvalue weighted by Crippen LogP contribution is -2.27. The molecule has 1 fully saturated rings. The largest absolute Gasteiger partial charge is 0.492 e. The number of carbonyl (C=O) groups is 2. The van der Waals surface area contributed by atoms with Gasteiger partial charge in [0.05, 0.1) is 24.6 Å². The highest BCUT2D eigenvalue weighted by Gasteiger charge is 2.25. The molecule has 1 aromatic rings. The second-order valence-corrected chi connectivity index (χ2v) is 5.38. The van der Waals surface area contributed by atoms with Gasteiger partial charge in [0, 0.05) is 25.7 Å². The molecule has 1 atom stereocenters.